The topological polar surface area (TPSA) is 126 Å². The molecule has 0 radical (unpaired) electrons. The number of aliphatic hydroxyl groups is 1. The second-order valence-corrected chi connectivity index (χ2v) is 5.57. The quantitative estimate of drug-likeness (QED) is 0.429. The minimum atomic E-state index is -1.09. The van der Waals surface area contributed by atoms with E-state index in [2.05, 4.69) is 10.6 Å². The number of thiocarbonyl (C=S) groups is 1. The molecule has 9 nitrogen and oxygen atoms in total. The van der Waals surface area contributed by atoms with E-state index >= 15 is 0 Å². The molecule has 0 aromatic carbocycles. The maximum absolute atomic E-state index is 11.0. The number of aliphatic carboxylic acids is 1. The number of carbonyl (C=O) groups is 2. The molecule has 0 saturated carbocycles. The van der Waals surface area contributed by atoms with Gasteiger partial charge in [-0.2, -0.15) is 0 Å². The molecule has 10 heteroatoms. The van der Waals surface area contributed by atoms with E-state index in [4.69, 9.17) is 31.5 Å². The summed E-state index contributed by atoms with van der Waals surface area (Å²) in [5, 5.41) is 24.3. The fourth-order valence-corrected chi connectivity index (χ4v) is 2.66. The minimum absolute atomic E-state index is 0.0327. The largest absolute Gasteiger partial charge is 0.480 e. The molecule has 4 N–H and O–H groups in total. The van der Waals surface area contributed by atoms with Gasteiger partial charge in [0.25, 0.3) is 0 Å². The first-order chi connectivity index (χ1) is 10.8. The van der Waals surface area contributed by atoms with Gasteiger partial charge < -0.3 is 35.1 Å². The molecule has 1 aliphatic heterocycles. The third kappa shape index (κ3) is 5.99. The van der Waals surface area contributed by atoms with Gasteiger partial charge in [-0.3, -0.25) is 4.79 Å². The summed E-state index contributed by atoms with van der Waals surface area (Å²) in [6, 6.07) is -0.602. The van der Waals surface area contributed by atoms with Crippen molar-refractivity contribution in [1.29, 1.82) is 0 Å². The number of carboxylic acid groups (broad SMARTS) is 1. The summed E-state index contributed by atoms with van der Waals surface area (Å²) in [6.45, 7) is 2.54. The van der Waals surface area contributed by atoms with Crippen LogP contribution in [0.3, 0.4) is 0 Å². The lowest BCUT2D eigenvalue weighted by molar-refractivity contribution is -0.202. The van der Waals surface area contributed by atoms with Gasteiger partial charge >= 0.3 is 5.97 Å². The number of nitrogens with one attached hydrogen (secondary N) is 2. The highest BCUT2D eigenvalue weighted by molar-refractivity contribution is 7.80. The van der Waals surface area contributed by atoms with Gasteiger partial charge in [0, 0.05) is 14.0 Å². The van der Waals surface area contributed by atoms with Crippen LogP contribution in [-0.2, 0) is 23.8 Å². The van der Waals surface area contributed by atoms with Gasteiger partial charge in [-0.1, -0.05) is 0 Å². The Balaban J connectivity index is 2.67. The summed E-state index contributed by atoms with van der Waals surface area (Å²) in [6.07, 6.45) is -2.83. The molecule has 0 aromatic rings. The Labute approximate surface area is 139 Å². The maximum Gasteiger partial charge on any atom is 0.329 e. The average molecular weight is 350 g/mol. The summed E-state index contributed by atoms with van der Waals surface area (Å²) in [4.78, 5) is 21.5. The monoisotopic (exact) mass is 350 g/mol. The number of hydrogen-bond acceptors (Lipinski definition) is 7. The normalized spacial score (nSPS) is 30.5. The standard InChI is InChI=1S/C13H22N2O7S/c1-6-10(15-13(23)14-7(2)16)11(19)12(20-3)8(22-6)4-21-5-9(17)18/h6,8,10-12,19H,4-5H2,1-3H3,(H,17,18)(H2,14,15,16,23)/t6-,8+,10-,11-,12+/m0/s1. The maximum atomic E-state index is 11.0. The van der Waals surface area contributed by atoms with Crippen LogP contribution < -0.4 is 10.6 Å². The molecule has 1 rings (SSSR count). The molecule has 0 aliphatic carbocycles. The van der Waals surface area contributed by atoms with Crippen molar-refractivity contribution in [3.63, 3.8) is 0 Å². The van der Waals surface area contributed by atoms with Crippen LogP contribution in [0.2, 0.25) is 0 Å². The Hall–Kier alpha value is -1.33. The Kier molecular flexibility index (Phi) is 7.79. The fraction of sp³-hybridized carbons (Fsp3) is 0.769. The number of hydrogen-bond donors (Lipinski definition) is 4. The first-order valence-corrected chi connectivity index (χ1v) is 7.41. The molecular weight excluding hydrogens is 328 g/mol. The molecular formula is C13H22N2O7S. The average Bonchev–Trinajstić information content (AvgIpc) is 2.42. The number of carboxylic acids is 1. The van der Waals surface area contributed by atoms with Crippen LogP contribution in [0.5, 0.6) is 0 Å². The first-order valence-electron chi connectivity index (χ1n) is 7.00. The van der Waals surface area contributed by atoms with Crippen molar-refractivity contribution in [3.8, 4) is 0 Å². The van der Waals surface area contributed by atoms with Crippen molar-refractivity contribution in [2.24, 2.45) is 0 Å². The van der Waals surface area contributed by atoms with E-state index in [0.29, 0.717) is 0 Å². The van der Waals surface area contributed by atoms with E-state index in [0.717, 1.165) is 0 Å². The van der Waals surface area contributed by atoms with Crippen molar-refractivity contribution >= 4 is 29.2 Å². The molecule has 1 fully saturated rings. The number of methoxy groups -OCH3 is 1. The molecule has 1 amide bonds. The first kappa shape index (κ1) is 19.7. The van der Waals surface area contributed by atoms with Gasteiger partial charge in [0.2, 0.25) is 5.91 Å². The van der Waals surface area contributed by atoms with E-state index in [1.54, 1.807) is 6.92 Å². The van der Waals surface area contributed by atoms with E-state index in [1.807, 2.05) is 0 Å². The van der Waals surface area contributed by atoms with Crippen molar-refractivity contribution < 1.29 is 34.0 Å². The van der Waals surface area contributed by atoms with Crippen LogP contribution in [0.25, 0.3) is 0 Å². The highest BCUT2D eigenvalue weighted by Gasteiger charge is 2.44. The van der Waals surface area contributed by atoms with Crippen LogP contribution in [0.15, 0.2) is 0 Å². The number of amides is 1. The van der Waals surface area contributed by atoms with Gasteiger partial charge in [-0.25, -0.2) is 4.79 Å². The van der Waals surface area contributed by atoms with E-state index in [9.17, 15) is 14.7 Å². The molecule has 1 saturated heterocycles. The van der Waals surface area contributed by atoms with E-state index < -0.39 is 43.0 Å². The van der Waals surface area contributed by atoms with Gasteiger partial charge in [0.1, 0.15) is 24.9 Å². The lowest BCUT2D eigenvalue weighted by atomic mass is 9.93. The number of aliphatic hydroxyl groups excluding tert-OH is 1. The molecule has 132 valence electrons. The smallest absolute Gasteiger partial charge is 0.329 e. The van der Waals surface area contributed by atoms with Crippen LogP contribution in [0.4, 0.5) is 0 Å². The second kappa shape index (κ2) is 9.08. The van der Waals surface area contributed by atoms with E-state index in [1.165, 1.54) is 14.0 Å². The predicted octanol–water partition coefficient (Wildman–Crippen LogP) is -1.37. The Bertz CT molecular complexity index is 448. The zero-order valence-electron chi connectivity index (χ0n) is 13.1. The van der Waals surface area contributed by atoms with E-state index in [-0.39, 0.29) is 17.6 Å². The van der Waals surface area contributed by atoms with Crippen molar-refractivity contribution in [2.45, 2.75) is 44.3 Å². The Morgan fingerprint density at radius 1 is 1.39 bits per heavy atom. The van der Waals surface area contributed by atoms with Crippen LogP contribution in [-0.4, -0.2) is 78.0 Å². The highest BCUT2D eigenvalue weighted by Crippen LogP contribution is 2.23. The SMILES string of the molecule is CO[C@H]1[C@@H](O)[C@@H](NC(=S)NC(C)=O)[C@H](C)O[C@@H]1COCC(=O)O. The molecule has 0 unspecified atom stereocenters. The third-order valence-corrected chi connectivity index (χ3v) is 3.55. The fourth-order valence-electron chi connectivity index (χ4n) is 2.38. The van der Waals surface area contributed by atoms with Crippen LogP contribution in [0, 0.1) is 0 Å². The van der Waals surface area contributed by atoms with Gasteiger partial charge in [-0.05, 0) is 19.1 Å². The minimum Gasteiger partial charge on any atom is -0.480 e. The summed E-state index contributed by atoms with van der Waals surface area (Å²) in [7, 11) is 1.40. The van der Waals surface area contributed by atoms with Gasteiger partial charge in [0.15, 0.2) is 5.11 Å². The summed E-state index contributed by atoms with van der Waals surface area (Å²) in [5.41, 5.74) is 0. The zero-order chi connectivity index (χ0) is 17.6. The second-order valence-electron chi connectivity index (χ2n) is 5.16. The lowest BCUT2D eigenvalue weighted by Crippen LogP contribution is -2.65. The lowest BCUT2D eigenvalue weighted by Gasteiger charge is -2.43. The van der Waals surface area contributed by atoms with Crippen molar-refractivity contribution in [3.05, 3.63) is 0 Å². The van der Waals surface area contributed by atoms with Gasteiger partial charge in [-0.15, -0.1) is 0 Å². The highest BCUT2D eigenvalue weighted by atomic mass is 32.1. The number of carbonyl (C=O) groups excluding carboxylic acids is 1. The summed E-state index contributed by atoms with van der Waals surface area (Å²) in [5.74, 6) is -1.42. The number of ether oxygens (including phenoxy) is 3. The molecule has 0 aromatic heterocycles. The summed E-state index contributed by atoms with van der Waals surface area (Å²) >= 11 is 4.98. The van der Waals surface area contributed by atoms with Gasteiger partial charge in [0.05, 0.1) is 18.8 Å². The molecule has 0 spiro atoms. The van der Waals surface area contributed by atoms with Crippen LogP contribution in [0.1, 0.15) is 13.8 Å². The third-order valence-electron chi connectivity index (χ3n) is 3.33. The summed E-state index contributed by atoms with van der Waals surface area (Å²) < 4.78 is 16.0. The molecule has 0 bridgehead atoms. The Morgan fingerprint density at radius 3 is 2.57 bits per heavy atom. The predicted molar refractivity (Wildman–Crippen MR) is 82.9 cm³/mol. The molecule has 23 heavy (non-hydrogen) atoms. The van der Waals surface area contributed by atoms with Crippen molar-refractivity contribution in [2.75, 3.05) is 20.3 Å². The zero-order valence-corrected chi connectivity index (χ0v) is 14.0. The molecule has 5 atom stereocenters. The molecule has 1 heterocycles. The van der Waals surface area contributed by atoms with Crippen LogP contribution >= 0.6 is 12.2 Å². The Morgan fingerprint density at radius 2 is 2.04 bits per heavy atom. The van der Waals surface area contributed by atoms with Crippen molar-refractivity contribution in [1.82, 2.24) is 10.6 Å². The molecule has 1 aliphatic rings. The number of rotatable bonds is 6.